The van der Waals surface area contributed by atoms with Gasteiger partial charge in [0.1, 0.15) is 6.61 Å². The van der Waals surface area contributed by atoms with E-state index in [2.05, 4.69) is 15.5 Å². The highest BCUT2D eigenvalue weighted by Crippen LogP contribution is 2.15. The summed E-state index contributed by atoms with van der Waals surface area (Å²) in [5.74, 6) is -0.572. The highest BCUT2D eigenvalue weighted by atomic mass is 16.5. The Kier molecular flexibility index (Phi) is 3.94. The third-order valence-electron chi connectivity index (χ3n) is 2.17. The van der Waals surface area contributed by atoms with Crippen LogP contribution >= 0.6 is 0 Å². The molecule has 0 atom stereocenters. The number of ether oxygens (including phenoxy) is 1. The number of carbonyl (C=O) groups is 1. The number of aromatic nitrogens is 4. The second kappa shape index (κ2) is 5.02. The van der Waals surface area contributed by atoms with Gasteiger partial charge in [0.2, 0.25) is 0 Å². The second-order valence-corrected chi connectivity index (χ2v) is 3.92. The molecule has 1 aromatic rings. The van der Waals surface area contributed by atoms with Crippen LogP contribution in [-0.2, 0) is 21.7 Å². The van der Waals surface area contributed by atoms with Gasteiger partial charge in [0.25, 0.3) is 0 Å². The summed E-state index contributed by atoms with van der Waals surface area (Å²) in [5, 5.41) is 20.0. The first kappa shape index (κ1) is 12.6. The van der Waals surface area contributed by atoms with E-state index >= 15 is 0 Å². The zero-order chi connectivity index (χ0) is 12.2. The lowest BCUT2D eigenvalue weighted by molar-refractivity contribution is -0.146. The van der Waals surface area contributed by atoms with E-state index in [1.165, 1.54) is 18.5 Å². The van der Waals surface area contributed by atoms with Crippen molar-refractivity contribution in [3.8, 4) is 0 Å². The molecule has 16 heavy (non-hydrogen) atoms. The van der Waals surface area contributed by atoms with E-state index in [-0.39, 0.29) is 6.61 Å². The molecular formula is C9H16N4O3. The SMILES string of the molecule is CCCOCc1nnnn1C(C)(C)C(=O)O. The van der Waals surface area contributed by atoms with Crippen LogP contribution in [0.4, 0.5) is 0 Å². The number of nitrogens with zero attached hydrogens (tertiary/aromatic N) is 4. The standard InChI is InChI=1S/C9H16N4O3/c1-4-5-16-6-7-10-11-12-13(7)9(2,3)8(14)15/h4-6H2,1-3H3,(H,14,15). The third kappa shape index (κ3) is 2.54. The summed E-state index contributed by atoms with van der Waals surface area (Å²) >= 11 is 0. The molecule has 0 unspecified atom stereocenters. The first-order chi connectivity index (χ1) is 7.50. The van der Waals surface area contributed by atoms with Crippen LogP contribution in [0, 0.1) is 0 Å². The molecule has 0 saturated carbocycles. The summed E-state index contributed by atoms with van der Waals surface area (Å²) in [5.41, 5.74) is -1.17. The normalized spacial score (nSPS) is 11.7. The van der Waals surface area contributed by atoms with Crippen molar-refractivity contribution in [2.45, 2.75) is 39.3 Å². The minimum atomic E-state index is -1.17. The van der Waals surface area contributed by atoms with E-state index in [0.717, 1.165) is 6.42 Å². The summed E-state index contributed by atoms with van der Waals surface area (Å²) in [4.78, 5) is 11.0. The fraction of sp³-hybridized carbons (Fsp3) is 0.778. The minimum absolute atomic E-state index is 0.220. The molecule has 1 heterocycles. The Morgan fingerprint density at radius 3 is 2.81 bits per heavy atom. The molecule has 0 spiro atoms. The van der Waals surface area contributed by atoms with E-state index in [0.29, 0.717) is 12.4 Å². The molecule has 0 bridgehead atoms. The second-order valence-electron chi connectivity index (χ2n) is 3.92. The Morgan fingerprint density at radius 2 is 2.25 bits per heavy atom. The fourth-order valence-corrected chi connectivity index (χ4v) is 1.13. The lowest BCUT2D eigenvalue weighted by Crippen LogP contribution is -2.38. The van der Waals surface area contributed by atoms with Crippen LogP contribution in [0.5, 0.6) is 0 Å². The van der Waals surface area contributed by atoms with E-state index in [4.69, 9.17) is 9.84 Å². The smallest absolute Gasteiger partial charge is 0.331 e. The molecule has 0 aliphatic carbocycles. The Balaban J connectivity index is 2.81. The van der Waals surface area contributed by atoms with E-state index in [9.17, 15) is 4.79 Å². The number of hydrogen-bond acceptors (Lipinski definition) is 5. The van der Waals surface area contributed by atoms with Crippen molar-refractivity contribution in [2.75, 3.05) is 6.61 Å². The van der Waals surface area contributed by atoms with E-state index < -0.39 is 11.5 Å². The number of aliphatic carboxylic acids is 1. The molecule has 1 aromatic heterocycles. The number of tetrazole rings is 1. The summed E-state index contributed by atoms with van der Waals surface area (Å²) in [7, 11) is 0. The molecule has 1 rings (SSSR count). The molecule has 0 amide bonds. The number of carboxylic acids is 1. The van der Waals surface area contributed by atoms with Gasteiger partial charge in [-0.1, -0.05) is 6.92 Å². The van der Waals surface area contributed by atoms with Crippen LogP contribution in [0.1, 0.15) is 33.0 Å². The third-order valence-corrected chi connectivity index (χ3v) is 2.17. The molecule has 0 aliphatic rings. The Morgan fingerprint density at radius 1 is 1.56 bits per heavy atom. The molecule has 0 fully saturated rings. The molecule has 90 valence electrons. The van der Waals surface area contributed by atoms with Crippen molar-refractivity contribution in [3.05, 3.63) is 5.82 Å². The highest BCUT2D eigenvalue weighted by molar-refractivity contribution is 5.75. The number of hydrogen-bond donors (Lipinski definition) is 1. The maximum absolute atomic E-state index is 11.0. The van der Waals surface area contributed by atoms with Crippen LogP contribution < -0.4 is 0 Å². The van der Waals surface area contributed by atoms with Gasteiger partial charge in [0.05, 0.1) is 0 Å². The topological polar surface area (TPSA) is 90.1 Å². The lowest BCUT2D eigenvalue weighted by Gasteiger charge is -2.20. The van der Waals surface area contributed by atoms with Crippen LogP contribution in [0.25, 0.3) is 0 Å². The molecule has 7 nitrogen and oxygen atoms in total. The van der Waals surface area contributed by atoms with E-state index in [1.54, 1.807) is 0 Å². The summed E-state index contributed by atoms with van der Waals surface area (Å²) in [6.45, 7) is 5.88. The summed E-state index contributed by atoms with van der Waals surface area (Å²) in [6, 6.07) is 0. The first-order valence-corrected chi connectivity index (χ1v) is 5.09. The number of carboxylic acid groups (broad SMARTS) is 1. The summed E-state index contributed by atoms with van der Waals surface area (Å²) in [6.07, 6.45) is 0.893. The predicted octanol–water partition coefficient (Wildman–Crippen LogP) is 0.419. The van der Waals surface area contributed by atoms with Crippen LogP contribution in [0.3, 0.4) is 0 Å². The van der Waals surface area contributed by atoms with Crippen molar-refractivity contribution in [2.24, 2.45) is 0 Å². The Hall–Kier alpha value is -1.50. The van der Waals surface area contributed by atoms with Crippen molar-refractivity contribution < 1.29 is 14.6 Å². The average Bonchev–Trinajstić information content (AvgIpc) is 2.66. The van der Waals surface area contributed by atoms with Crippen molar-refractivity contribution in [3.63, 3.8) is 0 Å². The first-order valence-electron chi connectivity index (χ1n) is 5.09. The Labute approximate surface area is 93.4 Å². The van der Waals surface area contributed by atoms with Gasteiger partial charge in [-0.05, 0) is 30.7 Å². The molecule has 1 N–H and O–H groups in total. The predicted molar refractivity (Wildman–Crippen MR) is 54.7 cm³/mol. The van der Waals surface area contributed by atoms with Gasteiger partial charge >= 0.3 is 5.97 Å². The molecule has 0 aliphatic heterocycles. The van der Waals surface area contributed by atoms with Gasteiger partial charge in [-0.15, -0.1) is 5.10 Å². The summed E-state index contributed by atoms with van der Waals surface area (Å²) < 4.78 is 6.56. The molecule has 0 radical (unpaired) electrons. The number of rotatable bonds is 6. The maximum atomic E-state index is 11.0. The van der Waals surface area contributed by atoms with Gasteiger partial charge in [0, 0.05) is 6.61 Å². The maximum Gasteiger partial charge on any atom is 0.331 e. The fourth-order valence-electron chi connectivity index (χ4n) is 1.13. The van der Waals surface area contributed by atoms with Crippen LogP contribution in [0.15, 0.2) is 0 Å². The molecule has 0 saturated heterocycles. The van der Waals surface area contributed by atoms with Gasteiger partial charge in [-0.2, -0.15) is 0 Å². The van der Waals surface area contributed by atoms with Crippen LogP contribution in [-0.4, -0.2) is 37.9 Å². The molecular weight excluding hydrogens is 212 g/mol. The zero-order valence-electron chi connectivity index (χ0n) is 9.67. The van der Waals surface area contributed by atoms with Gasteiger partial charge in [-0.25, -0.2) is 9.48 Å². The molecule has 7 heteroatoms. The minimum Gasteiger partial charge on any atom is -0.479 e. The zero-order valence-corrected chi connectivity index (χ0v) is 9.67. The van der Waals surface area contributed by atoms with Gasteiger partial charge in [0.15, 0.2) is 11.4 Å². The van der Waals surface area contributed by atoms with Crippen molar-refractivity contribution >= 4 is 5.97 Å². The van der Waals surface area contributed by atoms with Gasteiger partial charge in [-0.3, -0.25) is 0 Å². The van der Waals surface area contributed by atoms with Crippen LogP contribution in [0.2, 0.25) is 0 Å². The monoisotopic (exact) mass is 228 g/mol. The van der Waals surface area contributed by atoms with Crippen molar-refractivity contribution in [1.29, 1.82) is 0 Å². The highest BCUT2D eigenvalue weighted by Gasteiger charge is 2.33. The van der Waals surface area contributed by atoms with E-state index in [1.807, 2.05) is 6.92 Å². The molecule has 0 aromatic carbocycles. The van der Waals surface area contributed by atoms with Crippen molar-refractivity contribution in [1.82, 2.24) is 20.2 Å². The van der Waals surface area contributed by atoms with Gasteiger partial charge < -0.3 is 9.84 Å². The lowest BCUT2D eigenvalue weighted by atomic mass is 10.1. The average molecular weight is 228 g/mol. The quantitative estimate of drug-likeness (QED) is 0.709. The Bertz CT molecular complexity index is 361. The largest absolute Gasteiger partial charge is 0.479 e.